The number of nitrogens with zero attached hydrogens (tertiary/aromatic N) is 3. The number of benzene rings is 2. The Balaban J connectivity index is 1.76. The van der Waals surface area contributed by atoms with Gasteiger partial charge in [0.25, 0.3) is 5.91 Å². The Kier molecular flexibility index (Phi) is 5.00. The standard InChI is InChI=1S/C22H18N4OS/c1-3-4-11-26-18-10-9-16(24-21-12-15(2)14-23-25-21)13-20(18)28-19-8-6-5-7-17(19)22(26)27/h5-10,12-14H,11H2,1-2H3,(H,24,25). The minimum absolute atomic E-state index is 0.0325. The van der Waals surface area contributed by atoms with E-state index in [4.69, 9.17) is 0 Å². The van der Waals surface area contributed by atoms with E-state index in [9.17, 15) is 4.79 Å². The summed E-state index contributed by atoms with van der Waals surface area (Å²) >= 11 is 1.59. The van der Waals surface area contributed by atoms with Crippen LogP contribution in [-0.4, -0.2) is 22.6 Å². The zero-order valence-electron chi connectivity index (χ0n) is 15.6. The molecule has 0 atom stereocenters. The van der Waals surface area contributed by atoms with Crippen molar-refractivity contribution in [3.05, 3.63) is 65.9 Å². The topological polar surface area (TPSA) is 58.1 Å². The number of fused-ring (bicyclic) bond motifs is 2. The van der Waals surface area contributed by atoms with Crippen molar-refractivity contribution < 1.29 is 4.79 Å². The van der Waals surface area contributed by atoms with Gasteiger partial charge >= 0.3 is 0 Å². The minimum Gasteiger partial charge on any atom is -0.339 e. The molecule has 0 saturated carbocycles. The highest BCUT2D eigenvalue weighted by Crippen LogP contribution is 2.42. The summed E-state index contributed by atoms with van der Waals surface area (Å²) in [7, 11) is 0. The van der Waals surface area contributed by atoms with Gasteiger partial charge in [0.1, 0.15) is 0 Å². The molecule has 0 radical (unpaired) electrons. The van der Waals surface area contributed by atoms with Crippen molar-refractivity contribution in [3.63, 3.8) is 0 Å². The molecule has 0 aliphatic carbocycles. The summed E-state index contributed by atoms with van der Waals surface area (Å²) in [5, 5.41) is 11.4. The summed E-state index contributed by atoms with van der Waals surface area (Å²) in [6.07, 6.45) is 1.72. The smallest absolute Gasteiger partial charge is 0.260 e. The molecular formula is C22H18N4OS. The van der Waals surface area contributed by atoms with Gasteiger partial charge < -0.3 is 5.32 Å². The lowest BCUT2D eigenvalue weighted by Gasteiger charge is -2.21. The van der Waals surface area contributed by atoms with Crippen LogP contribution < -0.4 is 10.2 Å². The van der Waals surface area contributed by atoms with Crippen LogP contribution in [0.15, 0.2) is 64.5 Å². The fourth-order valence-corrected chi connectivity index (χ4v) is 4.11. The van der Waals surface area contributed by atoms with Crippen LogP contribution in [0.5, 0.6) is 0 Å². The second-order valence-corrected chi connectivity index (χ2v) is 7.43. The lowest BCUT2D eigenvalue weighted by molar-refractivity contribution is 0.0987. The Morgan fingerprint density at radius 1 is 1.14 bits per heavy atom. The fourth-order valence-electron chi connectivity index (χ4n) is 2.99. The molecule has 138 valence electrons. The van der Waals surface area contributed by atoms with E-state index in [2.05, 4.69) is 27.4 Å². The van der Waals surface area contributed by atoms with Gasteiger partial charge in [0.05, 0.1) is 24.0 Å². The van der Waals surface area contributed by atoms with Crippen molar-refractivity contribution in [2.75, 3.05) is 16.8 Å². The maximum absolute atomic E-state index is 13.1. The number of aromatic nitrogens is 2. The van der Waals surface area contributed by atoms with Crippen molar-refractivity contribution in [1.82, 2.24) is 10.2 Å². The van der Waals surface area contributed by atoms with Gasteiger partial charge in [-0.3, -0.25) is 9.69 Å². The molecule has 1 aliphatic heterocycles. The first-order chi connectivity index (χ1) is 13.7. The average molecular weight is 386 g/mol. The van der Waals surface area contributed by atoms with Gasteiger partial charge in [0.2, 0.25) is 0 Å². The van der Waals surface area contributed by atoms with Gasteiger partial charge in [0.15, 0.2) is 5.82 Å². The third kappa shape index (κ3) is 3.57. The van der Waals surface area contributed by atoms with E-state index in [1.165, 1.54) is 0 Å². The number of nitrogens with one attached hydrogen (secondary N) is 1. The molecule has 2 aromatic carbocycles. The largest absolute Gasteiger partial charge is 0.339 e. The molecule has 0 saturated heterocycles. The highest BCUT2D eigenvalue weighted by Gasteiger charge is 2.26. The summed E-state index contributed by atoms with van der Waals surface area (Å²) in [6.45, 7) is 4.11. The lowest BCUT2D eigenvalue weighted by Crippen LogP contribution is -2.31. The summed E-state index contributed by atoms with van der Waals surface area (Å²) in [6, 6.07) is 15.5. The van der Waals surface area contributed by atoms with Crippen LogP contribution >= 0.6 is 11.8 Å². The van der Waals surface area contributed by atoms with Crippen LogP contribution in [0, 0.1) is 18.8 Å². The van der Waals surface area contributed by atoms with Crippen LogP contribution in [0.2, 0.25) is 0 Å². The molecule has 1 amide bonds. The third-order valence-corrected chi connectivity index (χ3v) is 5.43. The molecule has 0 spiro atoms. The van der Waals surface area contributed by atoms with Crippen LogP contribution in [-0.2, 0) is 0 Å². The van der Waals surface area contributed by atoms with Gasteiger partial charge in [-0.15, -0.1) is 11.0 Å². The van der Waals surface area contributed by atoms with Crippen molar-refractivity contribution >= 4 is 34.9 Å². The Morgan fingerprint density at radius 3 is 2.82 bits per heavy atom. The highest BCUT2D eigenvalue weighted by atomic mass is 32.2. The van der Waals surface area contributed by atoms with Crippen molar-refractivity contribution in [2.24, 2.45) is 0 Å². The second-order valence-electron chi connectivity index (χ2n) is 6.34. The number of carbonyl (C=O) groups is 1. The SMILES string of the molecule is CC#CCN1C(=O)c2ccccc2Sc2cc(Nc3cc(C)cnn3)ccc21. The molecule has 1 aromatic heterocycles. The molecule has 5 nitrogen and oxygen atoms in total. The van der Waals surface area contributed by atoms with E-state index in [0.717, 1.165) is 26.7 Å². The maximum atomic E-state index is 13.1. The molecule has 6 heteroatoms. The van der Waals surface area contributed by atoms with Crippen LogP contribution in [0.4, 0.5) is 17.2 Å². The maximum Gasteiger partial charge on any atom is 0.260 e. The number of rotatable bonds is 3. The number of amides is 1. The van der Waals surface area contributed by atoms with E-state index in [0.29, 0.717) is 17.9 Å². The quantitative estimate of drug-likeness (QED) is 0.663. The lowest BCUT2D eigenvalue weighted by atomic mass is 10.1. The van der Waals surface area contributed by atoms with Gasteiger partial charge in [-0.05, 0) is 55.8 Å². The van der Waals surface area contributed by atoms with Crippen molar-refractivity contribution in [1.29, 1.82) is 0 Å². The first-order valence-electron chi connectivity index (χ1n) is 8.84. The molecule has 2 heterocycles. The number of hydrogen-bond donors (Lipinski definition) is 1. The first-order valence-corrected chi connectivity index (χ1v) is 9.66. The molecule has 0 unspecified atom stereocenters. The van der Waals surface area contributed by atoms with E-state index >= 15 is 0 Å². The molecule has 3 aromatic rings. The van der Waals surface area contributed by atoms with Crippen molar-refractivity contribution in [3.8, 4) is 11.8 Å². The van der Waals surface area contributed by atoms with Gasteiger partial charge in [-0.1, -0.05) is 29.8 Å². The van der Waals surface area contributed by atoms with Crippen LogP contribution in [0.25, 0.3) is 0 Å². The van der Waals surface area contributed by atoms with Crippen LogP contribution in [0.3, 0.4) is 0 Å². The van der Waals surface area contributed by atoms with Crippen LogP contribution in [0.1, 0.15) is 22.8 Å². The Hall–Kier alpha value is -3.30. The highest BCUT2D eigenvalue weighted by molar-refractivity contribution is 7.99. The summed E-state index contributed by atoms with van der Waals surface area (Å²) in [4.78, 5) is 16.8. The molecular weight excluding hydrogens is 368 g/mol. The number of anilines is 3. The number of carbonyl (C=O) groups excluding carboxylic acids is 1. The summed E-state index contributed by atoms with van der Waals surface area (Å²) in [5.74, 6) is 6.55. The van der Waals surface area contributed by atoms with Gasteiger partial charge in [0, 0.05) is 15.5 Å². The normalized spacial score (nSPS) is 12.4. The van der Waals surface area contributed by atoms with E-state index in [-0.39, 0.29) is 5.91 Å². The number of hydrogen-bond acceptors (Lipinski definition) is 5. The first kappa shape index (κ1) is 18.1. The molecule has 0 bridgehead atoms. The predicted octanol–water partition coefficient (Wildman–Crippen LogP) is 4.66. The molecule has 1 N–H and O–H groups in total. The summed E-state index contributed by atoms with van der Waals surface area (Å²) in [5.41, 5.74) is 3.47. The zero-order chi connectivity index (χ0) is 19.5. The molecule has 28 heavy (non-hydrogen) atoms. The second kappa shape index (κ2) is 7.75. The van der Waals surface area contributed by atoms with E-state index < -0.39 is 0 Å². The van der Waals surface area contributed by atoms with E-state index in [1.54, 1.807) is 29.8 Å². The van der Waals surface area contributed by atoms with E-state index in [1.807, 2.05) is 55.5 Å². The minimum atomic E-state index is -0.0325. The Morgan fingerprint density at radius 2 is 2.00 bits per heavy atom. The Labute approximate surface area is 168 Å². The monoisotopic (exact) mass is 386 g/mol. The number of aryl methyl sites for hydroxylation is 1. The van der Waals surface area contributed by atoms with Gasteiger partial charge in [-0.25, -0.2) is 0 Å². The Bertz CT molecular complexity index is 1120. The third-order valence-electron chi connectivity index (χ3n) is 4.31. The average Bonchev–Trinajstić information content (AvgIpc) is 2.80. The fraction of sp³-hybridized carbons (Fsp3) is 0.136. The van der Waals surface area contributed by atoms with Gasteiger partial charge in [-0.2, -0.15) is 5.10 Å². The molecule has 4 rings (SSSR count). The zero-order valence-corrected chi connectivity index (χ0v) is 16.4. The summed E-state index contributed by atoms with van der Waals surface area (Å²) < 4.78 is 0. The predicted molar refractivity (Wildman–Crippen MR) is 112 cm³/mol. The van der Waals surface area contributed by atoms with Crippen molar-refractivity contribution in [2.45, 2.75) is 23.6 Å². The molecule has 0 fully saturated rings. The molecule has 1 aliphatic rings.